The minimum absolute atomic E-state index is 0.118. The average molecular weight is 255 g/mol. The molecule has 98 valence electrons. The maximum absolute atomic E-state index is 12.0. The molecular weight excluding hydrogens is 242 g/mol. The smallest absolute Gasteiger partial charge is 0.321 e. The molecule has 4 amide bonds. The van der Waals surface area contributed by atoms with Gasteiger partial charge in [0.05, 0.1) is 5.92 Å². The Morgan fingerprint density at radius 1 is 1.33 bits per heavy atom. The lowest BCUT2D eigenvalue weighted by Gasteiger charge is -2.42. The van der Waals surface area contributed by atoms with Gasteiger partial charge in [0.2, 0.25) is 11.8 Å². The molecule has 1 atom stereocenters. The number of carbonyl (C=O) groups excluding carboxylic acids is 3. The largest absolute Gasteiger partial charge is 0.481 e. The number of carboxylic acids is 1. The van der Waals surface area contributed by atoms with E-state index >= 15 is 0 Å². The molecule has 0 radical (unpaired) electrons. The fourth-order valence-corrected chi connectivity index (χ4v) is 1.92. The molecule has 0 bridgehead atoms. The molecule has 2 aliphatic rings. The van der Waals surface area contributed by atoms with Gasteiger partial charge in [0.15, 0.2) is 0 Å². The van der Waals surface area contributed by atoms with Gasteiger partial charge in [0, 0.05) is 13.1 Å². The monoisotopic (exact) mass is 255 g/mol. The first-order valence-corrected chi connectivity index (χ1v) is 5.52. The molecule has 0 aromatic rings. The summed E-state index contributed by atoms with van der Waals surface area (Å²) < 4.78 is 0. The number of piperazine rings is 1. The van der Waals surface area contributed by atoms with Gasteiger partial charge in [-0.05, 0) is 6.92 Å². The Bertz CT molecular complexity index is 429. The summed E-state index contributed by atoms with van der Waals surface area (Å²) in [6.45, 7) is 1.58. The molecule has 8 nitrogen and oxygen atoms in total. The Hall–Kier alpha value is -2.12. The van der Waals surface area contributed by atoms with Crippen LogP contribution in [-0.2, 0) is 14.4 Å². The highest BCUT2D eigenvalue weighted by Crippen LogP contribution is 2.19. The van der Waals surface area contributed by atoms with Gasteiger partial charge in [-0.2, -0.15) is 0 Å². The van der Waals surface area contributed by atoms with E-state index in [-0.39, 0.29) is 19.6 Å². The third kappa shape index (κ3) is 2.01. The summed E-state index contributed by atoms with van der Waals surface area (Å²) in [7, 11) is 0. The van der Waals surface area contributed by atoms with Crippen LogP contribution in [0.15, 0.2) is 0 Å². The number of hydrogen-bond acceptors (Lipinski definition) is 4. The number of amides is 4. The van der Waals surface area contributed by atoms with Crippen molar-refractivity contribution < 1.29 is 24.3 Å². The van der Waals surface area contributed by atoms with Gasteiger partial charge in [0.25, 0.3) is 0 Å². The summed E-state index contributed by atoms with van der Waals surface area (Å²) in [5, 5.41) is 10.8. The van der Waals surface area contributed by atoms with Crippen LogP contribution in [-0.4, -0.2) is 64.4 Å². The Morgan fingerprint density at radius 3 is 2.50 bits per heavy atom. The van der Waals surface area contributed by atoms with Crippen molar-refractivity contribution in [3.63, 3.8) is 0 Å². The van der Waals surface area contributed by atoms with Gasteiger partial charge in [-0.25, -0.2) is 4.79 Å². The van der Waals surface area contributed by atoms with Crippen LogP contribution in [0.5, 0.6) is 0 Å². The molecule has 2 aliphatic heterocycles. The van der Waals surface area contributed by atoms with E-state index in [9.17, 15) is 19.2 Å². The highest BCUT2D eigenvalue weighted by molar-refractivity contribution is 6.04. The number of rotatable bonds is 1. The zero-order valence-electron chi connectivity index (χ0n) is 9.75. The summed E-state index contributed by atoms with van der Waals surface area (Å²) in [5.41, 5.74) is 0. The van der Waals surface area contributed by atoms with Crippen molar-refractivity contribution in [2.75, 3.05) is 19.6 Å². The Morgan fingerprint density at radius 2 is 1.94 bits per heavy atom. The van der Waals surface area contributed by atoms with Gasteiger partial charge >= 0.3 is 12.0 Å². The molecule has 1 unspecified atom stereocenters. The van der Waals surface area contributed by atoms with Crippen molar-refractivity contribution in [2.45, 2.75) is 13.0 Å². The molecule has 2 fully saturated rings. The predicted molar refractivity (Wildman–Crippen MR) is 57.4 cm³/mol. The first kappa shape index (κ1) is 12.3. The third-order valence-electron chi connectivity index (χ3n) is 3.17. The van der Waals surface area contributed by atoms with E-state index in [1.165, 1.54) is 11.8 Å². The molecule has 0 aliphatic carbocycles. The van der Waals surface area contributed by atoms with E-state index < -0.39 is 35.8 Å². The van der Waals surface area contributed by atoms with Crippen LogP contribution < -0.4 is 5.32 Å². The molecule has 0 aromatic heterocycles. The van der Waals surface area contributed by atoms with Crippen LogP contribution in [0, 0.1) is 5.92 Å². The second kappa shape index (κ2) is 4.28. The maximum Gasteiger partial charge on any atom is 0.321 e. The number of imide groups is 1. The van der Waals surface area contributed by atoms with Crippen LogP contribution >= 0.6 is 0 Å². The molecule has 0 aromatic carbocycles. The molecule has 0 spiro atoms. The number of likely N-dealkylation sites (tertiary alicyclic amines) is 1. The quantitative estimate of drug-likeness (QED) is 0.553. The topological polar surface area (TPSA) is 107 Å². The standard InChI is InChI=1S/C10H13N3O5/c1-5-8(15)11-7(14)4-13(5)10(18)12-2-6(3-12)9(16)17/h5-6H,2-4H2,1H3,(H,16,17)(H,11,14,15). The van der Waals surface area contributed by atoms with Crippen LogP contribution in [0.25, 0.3) is 0 Å². The highest BCUT2D eigenvalue weighted by atomic mass is 16.4. The lowest BCUT2D eigenvalue weighted by atomic mass is 10.0. The fraction of sp³-hybridized carbons (Fsp3) is 0.600. The van der Waals surface area contributed by atoms with Crippen molar-refractivity contribution in [3.8, 4) is 0 Å². The average Bonchev–Trinajstić information content (AvgIpc) is 2.20. The van der Waals surface area contributed by atoms with Gasteiger partial charge < -0.3 is 14.9 Å². The van der Waals surface area contributed by atoms with Crippen molar-refractivity contribution in [1.29, 1.82) is 0 Å². The molecule has 0 saturated carbocycles. The first-order chi connectivity index (χ1) is 8.40. The molecule has 18 heavy (non-hydrogen) atoms. The number of urea groups is 1. The predicted octanol–water partition coefficient (Wildman–Crippen LogP) is -1.53. The molecular formula is C10H13N3O5. The van der Waals surface area contributed by atoms with Crippen molar-refractivity contribution >= 4 is 23.8 Å². The molecule has 2 N–H and O–H groups in total. The van der Waals surface area contributed by atoms with E-state index in [1.54, 1.807) is 0 Å². The van der Waals surface area contributed by atoms with Crippen LogP contribution in [0.1, 0.15) is 6.92 Å². The van der Waals surface area contributed by atoms with Crippen LogP contribution in [0.3, 0.4) is 0 Å². The Balaban J connectivity index is 1.99. The summed E-state index contributed by atoms with van der Waals surface area (Å²) >= 11 is 0. The number of hydrogen-bond donors (Lipinski definition) is 2. The summed E-state index contributed by atoms with van der Waals surface area (Å²) in [4.78, 5) is 47.7. The number of nitrogens with zero attached hydrogens (tertiary/aromatic N) is 2. The lowest BCUT2D eigenvalue weighted by Crippen LogP contribution is -2.64. The van der Waals surface area contributed by atoms with E-state index in [2.05, 4.69) is 5.32 Å². The fourth-order valence-electron chi connectivity index (χ4n) is 1.92. The summed E-state index contributed by atoms with van der Waals surface area (Å²) in [5.74, 6) is -2.55. The third-order valence-corrected chi connectivity index (χ3v) is 3.17. The summed E-state index contributed by atoms with van der Waals surface area (Å²) in [6.07, 6.45) is 0. The van der Waals surface area contributed by atoms with Crippen molar-refractivity contribution in [1.82, 2.24) is 15.1 Å². The van der Waals surface area contributed by atoms with Gasteiger partial charge in [-0.15, -0.1) is 0 Å². The number of nitrogens with one attached hydrogen (secondary N) is 1. The minimum atomic E-state index is -0.945. The van der Waals surface area contributed by atoms with Crippen LogP contribution in [0.4, 0.5) is 4.79 Å². The lowest BCUT2D eigenvalue weighted by molar-refractivity contribution is -0.147. The minimum Gasteiger partial charge on any atom is -0.481 e. The highest BCUT2D eigenvalue weighted by Gasteiger charge is 2.41. The van der Waals surface area contributed by atoms with Gasteiger partial charge in [-0.3, -0.25) is 19.7 Å². The van der Waals surface area contributed by atoms with Crippen LogP contribution in [0.2, 0.25) is 0 Å². The number of aliphatic carboxylic acids is 1. The van der Waals surface area contributed by atoms with E-state index in [1.807, 2.05) is 0 Å². The summed E-state index contributed by atoms with van der Waals surface area (Å²) in [6, 6.07) is -1.19. The molecule has 2 heterocycles. The second-order valence-corrected chi connectivity index (χ2v) is 4.44. The van der Waals surface area contributed by atoms with Gasteiger partial charge in [-0.1, -0.05) is 0 Å². The van der Waals surface area contributed by atoms with E-state index in [0.29, 0.717) is 0 Å². The van der Waals surface area contributed by atoms with Gasteiger partial charge in [0.1, 0.15) is 12.6 Å². The van der Waals surface area contributed by atoms with Crippen molar-refractivity contribution in [3.05, 3.63) is 0 Å². The maximum atomic E-state index is 12.0. The van der Waals surface area contributed by atoms with E-state index in [4.69, 9.17) is 5.11 Å². The zero-order chi connectivity index (χ0) is 13.4. The van der Waals surface area contributed by atoms with Crippen molar-refractivity contribution in [2.24, 2.45) is 5.92 Å². The molecule has 8 heteroatoms. The first-order valence-electron chi connectivity index (χ1n) is 5.52. The molecule has 2 rings (SSSR count). The zero-order valence-corrected chi connectivity index (χ0v) is 9.75. The molecule has 2 saturated heterocycles. The Labute approximate surface area is 103 Å². The number of carbonyl (C=O) groups is 4. The normalized spacial score (nSPS) is 24.6. The number of carboxylic acid groups (broad SMARTS) is 1. The second-order valence-electron chi connectivity index (χ2n) is 4.44. The Kier molecular flexibility index (Phi) is 2.93. The van der Waals surface area contributed by atoms with E-state index in [0.717, 1.165) is 4.90 Å². The SMILES string of the molecule is CC1C(=O)NC(=O)CN1C(=O)N1CC(C(=O)O)C1.